The van der Waals surface area contributed by atoms with Crippen molar-refractivity contribution in [3.05, 3.63) is 23.8 Å². The first-order valence-corrected chi connectivity index (χ1v) is 8.38. The fraction of sp³-hybridized carbons (Fsp3) is 0.400. The molecule has 0 N–H and O–H groups in total. The van der Waals surface area contributed by atoms with Crippen molar-refractivity contribution in [2.75, 3.05) is 20.5 Å². The quantitative estimate of drug-likeness (QED) is 0.606. The molecule has 0 heterocycles. The van der Waals surface area contributed by atoms with Crippen LogP contribution in [-0.4, -0.2) is 20.5 Å². The molecule has 16 heavy (non-hydrogen) atoms. The number of hydrogen-bond acceptors (Lipinski definition) is 5. The van der Waals surface area contributed by atoms with Crippen LogP contribution in [0, 0.1) is 6.92 Å². The highest BCUT2D eigenvalue weighted by Crippen LogP contribution is 2.50. The first-order valence-electron chi connectivity index (χ1n) is 4.60. The van der Waals surface area contributed by atoms with Crippen molar-refractivity contribution >= 4 is 30.3 Å². The molecule has 1 aromatic carbocycles. The van der Waals surface area contributed by atoms with Crippen LogP contribution in [0.3, 0.4) is 0 Å². The van der Waals surface area contributed by atoms with Crippen molar-refractivity contribution in [1.82, 2.24) is 0 Å². The van der Waals surface area contributed by atoms with E-state index in [0.717, 1.165) is 16.2 Å². The van der Waals surface area contributed by atoms with Crippen molar-refractivity contribution in [3.8, 4) is 5.75 Å². The summed E-state index contributed by atoms with van der Waals surface area (Å²) in [4.78, 5) is 1.02. The van der Waals surface area contributed by atoms with E-state index >= 15 is 0 Å². The predicted molar refractivity (Wildman–Crippen MR) is 71.9 cm³/mol. The van der Waals surface area contributed by atoms with Gasteiger partial charge in [0.2, 0.25) is 0 Å². The zero-order valence-electron chi connectivity index (χ0n) is 9.72. The van der Waals surface area contributed by atoms with E-state index in [0.29, 0.717) is 0 Å². The first-order chi connectivity index (χ1) is 7.54. The Morgan fingerprint density at radius 1 is 1.25 bits per heavy atom. The normalized spacial score (nSPS) is 11.5. The van der Waals surface area contributed by atoms with E-state index in [-0.39, 0.29) is 0 Å². The third kappa shape index (κ3) is 3.47. The average Bonchev–Trinajstić information content (AvgIpc) is 2.29. The summed E-state index contributed by atoms with van der Waals surface area (Å²) in [6.45, 7) is -0.643. The standard InChI is InChI=1S/C10H15O3PS2/c1-8-5-6-10(16-4)9(7-8)13-14(15,11-2)12-3/h5-7H,1-4H3. The van der Waals surface area contributed by atoms with E-state index in [1.165, 1.54) is 14.2 Å². The Kier molecular flexibility index (Phi) is 5.28. The summed E-state index contributed by atoms with van der Waals surface area (Å²) in [6, 6.07) is 5.97. The molecule has 1 rings (SSSR count). The van der Waals surface area contributed by atoms with Gasteiger partial charge in [0.15, 0.2) is 0 Å². The zero-order valence-corrected chi connectivity index (χ0v) is 12.2. The Balaban J connectivity index is 3.03. The van der Waals surface area contributed by atoms with Gasteiger partial charge < -0.3 is 13.6 Å². The molecule has 0 amide bonds. The number of thioether (sulfide) groups is 1. The summed E-state index contributed by atoms with van der Waals surface area (Å²) >= 11 is 6.77. The zero-order chi connectivity index (χ0) is 12.2. The molecule has 0 bridgehead atoms. The Bertz CT molecular complexity index is 401. The largest absolute Gasteiger partial charge is 0.423 e. The van der Waals surface area contributed by atoms with Gasteiger partial charge in [0.25, 0.3) is 0 Å². The second-order valence-corrected chi connectivity index (χ2v) is 7.05. The Morgan fingerprint density at radius 3 is 2.38 bits per heavy atom. The third-order valence-corrected chi connectivity index (χ3v) is 5.19. The molecule has 0 spiro atoms. The van der Waals surface area contributed by atoms with E-state index in [4.69, 9.17) is 25.4 Å². The first kappa shape index (κ1) is 14.0. The molecule has 0 radical (unpaired) electrons. The lowest BCUT2D eigenvalue weighted by molar-refractivity contribution is 0.271. The van der Waals surface area contributed by atoms with Crippen molar-refractivity contribution in [2.24, 2.45) is 0 Å². The maximum atomic E-state index is 5.66. The minimum atomic E-state index is -2.64. The van der Waals surface area contributed by atoms with Crippen molar-refractivity contribution in [2.45, 2.75) is 11.8 Å². The van der Waals surface area contributed by atoms with Gasteiger partial charge in [0, 0.05) is 30.9 Å². The minimum absolute atomic E-state index is 0.722. The molecular weight excluding hydrogens is 263 g/mol. The van der Waals surface area contributed by atoms with E-state index in [2.05, 4.69) is 0 Å². The molecule has 0 aliphatic carbocycles. The van der Waals surface area contributed by atoms with Gasteiger partial charge in [0.05, 0.1) is 0 Å². The highest BCUT2D eigenvalue weighted by atomic mass is 32.5. The van der Waals surface area contributed by atoms with Crippen molar-refractivity contribution in [1.29, 1.82) is 0 Å². The van der Waals surface area contributed by atoms with Gasteiger partial charge in [-0.3, -0.25) is 0 Å². The van der Waals surface area contributed by atoms with Gasteiger partial charge in [-0.1, -0.05) is 6.07 Å². The summed E-state index contributed by atoms with van der Waals surface area (Å²) < 4.78 is 15.9. The number of aryl methyl sites for hydroxylation is 1. The highest BCUT2D eigenvalue weighted by Gasteiger charge is 2.20. The third-order valence-electron chi connectivity index (χ3n) is 1.98. The van der Waals surface area contributed by atoms with Crippen LogP contribution in [0.15, 0.2) is 23.1 Å². The summed E-state index contributed by atoms with van der Waals surface area (Å²) in [5.41, 5.74) is 1.11. The second-order valence-electron chi connectivity index (χ2n) is 3.06. The van der Waals surface area contributed by atoms with Gasteiger partial charge in [-0.2, -0.15) is 0 Å². The topological polar surface area (TPSA) is 27.7 Å². The van der Waals surface area contributed by atoms with Gasteiger partial charge in [0.1, 0.15) is 5.75 Å². The molecule has 90 valence electrons. The molecule has 6 heteroatoms. The minimum Gasteiger partial charge on any atom is -0.423 e. The maximum absolute atomic E-state index is 5.66. The van der Waals surface area contributed by atoms with Crippen LogP contribution in [0.1, 0.15) is 5.56 Å². The highest BCUT2D eigenvalue weighted by molar-refractivity contribution is 8.07. The van der Waals surface area contributed by atoms with Crippen LogP contribution >= 0.6 is 18.5 Å². The predicted octanol–water partition coefficient (Wildman–Crippen LogP) is 3.61. The molecule has 3 nitrogen and oxygen atoms in total. The Hall–Kier alpha value is -0.0600. The lowest BCUT2D eigenvalue weighted by atomic mass is 10.2. The number of benzene rings is 1. The van der Waals surface area contributed by atoms with Crippen LogP contribution in [-0.2, 0) is 20.9 Å². The number of hydrogen-bond donors (Lipinski definition) is 0. The molecule has 0 atom stereocenters. The molecule has 0 aromatic heterocycles. The molecule has 0 aliphatic heterocycles. The van der Waals surface area contributed by atoms with Gasteiger partial charge in [-0.25, -0.2) is 0 Å². The number of rotatable bonds is 5. The lowest BCUT2D eigenvalue weighted by Gasteiger charge is -2.20. The van der Waals surface area contributed by atoms with Gasteiger partial charge in [-0.15, -0.1) is 11.8 Å². The van der Waals surface area contributed by atoms with E-state index in [1.54, 1.807) is 11.8 Å². The van der Waals surface area contributed by atoms with Crippen LogP contribution in [0.25, 0.3) is 0 Å². The molecule has 0 unspecified atom stereocenters. The molecule has 0 aliphatic rings. The maximum Gasteiger partial charge on any atom is 0.380 e. The van der Waals surface area contributed by atoms with E-state index < -0.39 is 6.72 Å². The molecule has 0 saturated heterocycles. The monoisotopic (exact) mass is 278 g/mol. The Labute approximate surface area is 106 Å². The van der Waals surface area contributed by atoms with Crippen molar-refractivity contribution < 1.29 is 13.6 Å². The smallest absolute Gasteiger partial charge is 0.380 e. The molecule has 1 aromatic rings. The fourth-order valence-corrected chi connectivity index (χ4v) is 2.62. The molecule has 0 fully saturated rings. The molecule has 0 saturated carbocycles. The SMILES string of the molecule is COP(=S)(OC)Oc1cc(C)ccc1SC. The summed E-state index contributed by atoms with van der Waals surface area (Å²) in [5.74, 6) is 0.722. The fourth-order valence-electron chi connectivity index (χ4n) is 1.12. The van der Waals surface area contributed by atoms with Gasteiger partial charge in [-0.05, 0) is 30.9 Å². The second kappa shape index (κ2) is 6.03. The van der Waals surface area contributed by atoms with Gasteiger partial charge >= 0.3 is 6.72 Å². The van der Waals surface area contributed by atoms with E-state index in [9.17, 15) is 0 Å². The summed E-state index contributed by atoms with van der Waals surface area (Å²) in [7, 11) is 3.00. The summed E-state index contributed by atoms with van der Waals surface area (Å²) in [5, 5.41) is 0. The van der Waals surface area contributed by atoms with Crippen LogP contribution in [0.2, 0.25) is 0 Å². The van der Waals surface area contributed by atoms with E-state index in [1.807, 2.05) is 31.4 Å². The average molecular weight is 278 g/mol. The summed E-state index contributed by atoms with van der Waals surface area (Å²) in [6.07, 6.45) is 1.99. The van der Waals surface area contributed by atoms with Crippen LogP contribution in [0.5, 0.6) is 5.75 Å². The van der Waals surface area contributed by atoms with Crippen molar-refractivity contribution in [3.63, 3.8) is 0 Å². The Morgan fingerprint density at radius 2 is 1.88 bits per heavy atom. The lowest BCUT2D eigenvalue weighted by Crippen LogP contribution is -1.98. The van der Waals surface area contributed by atoms with Crippen LogP contribution in [0.4, 0.5) is 0 Å². The van der Waals surface area contributed by atoms with Crippen LogP contribution < -0.4 is 4.52 Å². The molecular formula is C10H15O3PS2.